The van der Waals surface area contributed by atoms with E-state index in [9.17, 15) is 9.90 Å². The third-order valence-electron chi connectivity index (χ3n) is 4.01. The quantitative estimate of drug-likeness (QED) is 0.607. The molecule has 1 unspecified atom stereocenters. The average molecular weight is 351 g/mol. The monoisotopic (exact) mass is 350 g/mol. The summed E-state index contributed by atoms with van der Waals surface area (Å²) in [6, 6.07) is 13.9. The van der Waals surface area contributed by atoms with Crippen molar-refractivity contribution in [1.82, 2.24) is 5.32 Å². The molecule has 2 aromatic rings. The largest absolute Gasteiger partial charge is 0.387 e. The maximum atomic E-state index is 11.8. The van der Waals surface area contributed by atoms with Gasteiger partial charge in [0.2, 0.25) is 5.91 Å². The van der Waals surface area contributed by atoms with Gasteiger partial charge in [-0.3, -0.25) is 4.79 Å². The molecule has 0 radical (unpaired) electrons. The van der Waals surface area contributed by atoms with Crippen LogP contribution in [0.2, 0.25) is 0 Å². The van der Waals surface area contributed by atoms with Gasteiger partial charge in [-0.25, -0.2) is 0 Å². The molecule has 132 valence electrons. The highest BCUT2D eigenvalue weighted by atomic mass is 35.5. The van der Waals surface area contributed by atoms with E-state index in [4.69, 9.17) is 5.73 Å². The number of fused-ring (bicyclic) bond motifs is 1. The lowest BCUT2D eigenvalue weighted by Crippen LogP contribution is -2.28. The van der Waals surface area contributed by atoms with E-state index in [-0.39, 0.29) is 24.9 Å². The molecule has 5 heteroatoms. The first kappa shape index (κ1) is 20.4. The van der Waals surface area contributed by atoms with E-state index in [1.807, 2.05) is 42.5 Å². The number of hydrogen-bond donors (Lipinski definition) is 3. The second kappa shape index (κ2) is 11.0. The van der Waals surface area contributed by atoms with Gasteiger partial charge < -0.3 is 16.2 Å². The Kier molecular flexibility index (Phi) is 9.38. The van der Waals surface area contributed by atoms with Crippen LogP contribution in [-0.2, 0) is 4.79 Å². The summed E-state index contributed by atoms with van der Waals surface area (Å²) >= 11 is 0. The molecular formula is C19H27ClN2O2. The molecule has 24 heavy (non-hydrogen) atoms. The fourth-order valence-electron chi connectivity index (χ4n) is 2.62. The lowest BCUT2D eigenvalue weighted by molar-refractivity contribution is -0.121. The number of carbonyl (C=O) groups excluding carboxylic acids is 1. The molecule has 0 bridgehead atoms. The smallest absolute Gasteiger partial charge is 0.220 e. The van der Waals surface area contributed by atoms with E-state index in [1.54, 1.807) is 0 Å². The summed E-state index contributed by atoms with van der Waals surface area (Å²) < 4.78 is 0. The fourth-order valence-corrected chi connectivity index (χ4v) is 2.62. The third kappa shape index (κ3) is 6.48. The first-order chi connectivity index (χ1) is 11.2. The van der Waals surface area contributed by atoms with Crippen LogP contribution in [-0.4, -0.2) is 24.1 Å². The molecule has 4 nitrogen and oxygen atoms in total. The predicted octanol–water partition coefficient (Wildman–Crippen LogP) is 3.32. The van der Waals surface area contributed by atoms with Crippen LogP contribution in [0.15, 0.2) is 42.5 Å². The van der Waals surface area contributed by atoms with E-state index in [2.05, 4.69) is 5.32 Å². The average Bonchev–Trinajstić information content (AvgIpc) is 2.59. The van der Waals surface area contributed by atoms with Crippen molar-refractivity contribution < 1.29 is 9.90 Å². The zero-order valence-electron chi connectivity index (χ0n) is 13.9. The second-order valence-electron chi connectivity index (χ2n) is 5.88. The maximum absolute atomic E-state index is 11.8. The van der Waals surface area contributed by atoms with Crippen molar-refractivity contribution in [2.45, 2.75) is 38.2 Å². The van der Waals surface area contributed by atoms with Crippen LogP contribution in [0.1, 0.15) is 43.8 Å². The molecule has 2 rings (SSSR count). The number of hydrogen-bond acceptors (Lipinski definition) is 3. The summed E-state index contributed by atoms with van der Waals surface area (Å²) in [6.07, 6.45) is 3.82. The van der Waals surface area contributed by atoms with E-state index in [0.717, 1.165) is 42.0 Å². The standard InChI is InChI=1S/C19H26N2O2.ClH/c20-12-6-2-1-3-9-19(23)21-14-18(22)17-11-10-15-7-4-5-8-16(15)13-17;/h4-5,7-8,10-11,13,18,22H,1-3,6,9,12,14,20H2,(H,21,23);1H. The number of nitrogens with one attached hydrogen (secondary N) is 1. The summed E-state index contributed by atoms with van der Waals surface area (Å²) in [7, 11) is 0. The molecule has 0 fully saturated rings. The van der Waals surface area contributed by atoms with Gasteiger partial charge in [0.05, 0.1) is 6.10 Å². The number of carbonyl (C=O) groups is 1. The van der Waals surface area contributed by atoms with Gasteiger partial charge >= 0.3 is 0 Å². The molecule has 2 aromatic carbocycles. The summed E-state index contributed by atoms with van der Waals surface area (Å²) in [5.74, 6) is -0.00223. The molecule has 0 aliphatic carbocycles. The van der Waals surface area contributed by atoms with Crippen molar-refractivity contribution in [1.29, 1.82) is 0 Å². The number of benzene rings is 2. The molecule has 0 aliphatic heterocycles. The fraction of sp³-hybridized carbons (Fsp3) is 0.421. The minimum atomic E-state index is -0.680. The molecule has 0 aromatic heterocycles. The van der Waals surface area contributed by atoms with Gasteiger partial charge in [0.25, 0.3) is 0 Å². The zero-order chi connectivity index (χ0) is 16.5. The van der Waals surface area contributed by atoms with Crippen molar-refractivity contribution in [3.63, 3.8) is 0 Å². The second-order valence-corrected chi connectivity index (χ2v) is 5.88. The number of aliphatic hydroxyl groups is 1. The van der Waals surface area contributed by atoms with Gasteiger partial charge in [0.1, 0.15) is 0 Å². The van der Waals surface area contributed by atoms with Crippen molar-refractivity contribution in [2.75, 3.05) is 13.1 Å². The highest BCUT2D eigenvalue weighted by molar-refractivity contribution is 5.85. The van der Waals surface area contributed by atoms with Gasteiger partial charge in [-0.15, -0.1) is 12.4 Å². The first-order valence-corrected chi connectivity index (χ1v) is 8.34. The predicted molar refractivity (Wildman–Crippen MR) is 101 cm³/mol. The molecule has 1 amide bonds. The number of aliphatic hydroxyl groups excluding tert-OH is 1. The molecule has 4 N–H and O–H groups in total. The molecule has 0 saturated heterocycles. The van der Waals surface area contributed by atoms with Crippen molar-refractivity contribution in [2.24, 2.45) is 5.73 Å². The number of unbranched alkanes of at least 4 members (excludes halogenated alkanes) is 3. The SMILES string of the molecule is Cl.NCCCCCCC(=O)NCC(O)c1ccc2ccccc2c1. The van der Waals surface area contributed by atoms with Crippen LogP contribution in [0.4, 0.5) is 0 Å². The lowest BCUT2D eigenvalue weighted by atomic mass is 10.0. The van der Waals surface area contributed by atoms with Crippen molar-refractivity contribution in [3.8, 4) is 0 Å². The van der Waals surface area contributed by atoms with Gasteiger partial charge in [-0.1, -0.05) is 49.2 Å². The van der Waals surface area contributed by atoms with Gasteiger partial charge in [-0.05, 0) is 41.8 Å². The van der Waals surface area contributed by atoms with Crippen molar-refractivity contribution in [3.05, 3.63) is 48.0 Å². The number of amides is 1. The zero-order valence-corrected chi connectivity index (χ0v) is 14.7. The molecule has 0 spiro atoms. The van der Waals surface area contributed by atoms with Crippen LogP contribution in [0, 0.1) is 0 Å². The number of rotatable bonds is 9. The molecule has 0 saturated carbocycles. The molecule has 0 heterocycles. The Morgan fingerprint density at radius 3 is 2.50 bits per heavy atom. The van der Waals surface area contributed by atoms with E-state index >= 15 is 0 Å². The van der Waals surface area contributed by atoms with E-state index in [1.165, 1.54) is 0 Å². The van der Waals surface area contributed by atoms with Gasteiger partial charge in [0, 0.05) is 13.0 Å². The molecule has 1 atom stereocenters. The normalized spacial score (nSPS) is 11.8. The highest BCUT2D eigenvalue weighted by Gasteiger charge is 2.10. The first-order valence-electron chi connectivity index (χ1n) is 8.34. The summed E-state index contributed by atoms with van der Waals surface area (Å²) in [5, 5.41) is 15.3. The Bertz CT molecular complexity index is 634. The summed E-state index contributed by atoms with van der Waals surface area (Å²) in [6.45, 7) is 0.962. The van der Waals surface area contributed by atoms with Crippen molar-refractivity contribution >= 4 is 29.1 Å². The van der Waals surface area contributed by atoms with Crippen LogP contribution in [0.25, 0.3) is 10.8 Å². The Hall–Kier alpha value is -1.62. The Morgan fingerprint density at radius 2 is 1.75 bits per heavy atom. The number of nitrogens with two attached hydrogens (primary N) is 1. The topological polar surface area (TPSA) is 75.4 Å². The van der Waals surface area contributed by atoms with E-state index in [0.29, 0.717) is 13.0 Å². The summed E-state index contributed by atoms with van der Waals surface area (Å²) in [5.41, 5.74) is 6.26. The van der Waals surface area contributed by atoms with Gasteiger partial charge in [-0.2, -0.15) is 0 Å². The summed E-state index contributed by atoms with van der Waals surface area (Å²) in [4.78, 5) is 11.8. The minimum Gasteiger partial charge on any atom is -0.387 e. The van der Waals surface area contributed by atoms with E-state index < -0.39 is 6.10 Å². The van der Waals surface area contributed by atoms with Crippen LogP contribution in [0.3, 0.4) is 0 Å². The Morgan fingerprint density at radius 1 is 1.04 bits per heavy atom. The van der Waals surface area contributed by atoms with Crippen LogP contribution < -0.4 is 11.1 Å². The molecular weight excluding hydrogens is 324 g/mol. The van der Waals surface area contributed by atoms with Crippen LogP contribution >= 0.6 is 12.4 Å². The lowest BCUT2D eigenvalue weighted by Gasteiger charge is -2.13. The van der Waals surface area contributed by atoms with Gasteiger partial charge in [0.15, 0.2) is 0 Å². The Balaban J connectivity index is 0.00000288. The molecule has 0 aliphatic rings. The third-order valence-corrected chi connectivity index (χ3v) is 4.01. The Labute approximate surface area is 149 Å². The number of halogens is 1. The van der Waals surface area contributed by atoms with Crippen LogP contribution in [0.5, 0.6) is 0 Å². The minimum absolute atomic E-state index is 0. The highest BCUT2D eigenvalue weighted by Crippen LogP contribution is 2.20. The maximum Gasteiger partial charge on any atom is 0.220 e.